The molecule has 2 fully saturated rings. The molecule has 3 aliphatic rings. The lowest BCUT2D eigenvalue weighted by atomic mass is 9.94. The Morgan fingerprint density at radius 2 is 1.55 bits per heavy atom. The van der Waals surface area contributed by atoms with E-state index in [1.54, 1.807) is 30.3 Å². The fourth-order valence-electron chi connectivity index (χ4n) is 6.05. The highest BCUT2D eigenvalue weighted by atomic mass is 35.5. The van der Waals surface area contributed by atoms with Gasteiger partial charge in [-0.05, 0) is 48.7 Å². The number of hydrogen-bond acceptors (Lipinski definition) is 5. The molecule has 9 heteroatoms. The van der Waals surface area contributed by atoms with Crippen molar-refractivity contribution in [2.24, 2.45) is 5.92 Å². The van der Waals surface area contributed by atoms with Crippen molar-refractivity contribution in [3.05, 3.63) is 94.3 Å². The third-order valence-corrected chi connectivity index (χ3v) is 8.53. The van der Waals surface area contributed by atoms with E-state index in [-0.39, 0.29) is 36.0 Å². The van der Waals surface area contributed by atoms with Gasteiger partial charge in [-0.2, -0.15) is 0 Å². The van der Waals surface area contributed by atoms with Crippen LogP contribution in [0, 0.1) is 11.7 Å². The third kappa shape index (κ3) is 4.81. The molecular formula is C31H30ClFN4O3. The molecule has 3 amide bonds. The second kappa shape index (κ2) is 10.9. The number of nitrogens with zero attached hydrogens (tertiary/aromatic N) is 4. The summed E-state index contributed by atoms with van der Waals surface area (Å²) in [7, 11) is 0. The van der Waals surface area contributed by atoms with Crippen LogP contribution < -0.4 is 9.80 Å². The molecular weight excluding hydrogens is 531 g/mol. The number of para-hydroxylation sites is 1. The van der Waals surface area contributed by atoms with E-state index >= 15 is 0 Å². The molecule has 0 saturated carbocycles. The molecule has 1 atom stereocenters. The van der Waals surface area contributed by atoms with Gasteiger partial charge in [-0.1, -0.05) is 48.0 Å². The van der Waals surface area contributed by atoms with E-state index in [0.717, 1.165) is 12.8 Å². The Labute approximate surface area is 237 Å². The number of carbonyl (C=O) groups excluding carboxylic acids is 3. The SMILES string of the molecule is O=C([C@H]1CCCN(c2cccc3c2C(=O)N(Cc2ccccc2Cl)C3=O)C1)N1CCN(c2ccccc2F)CC1. The Hall–Kier alpha value is -3.91. The van der Waals surface area contributed by atoms with E-state index in [1.165, 1.54) is 11.0 Å². The largest absolute Gasteiger partial charge is 0.370 e. The minimum Gasteiger partial charge on any atom is -0.370 e. The number of carbonyl (C=O) groups is 3. The van der Waals surface area contributed by atoms with Gasteiger partial charge in [-0.25, -0.2) is 4.39 Å². The van der Waals surface area contributed by atoms with Gasteiger partial charge in [0.05, 0.1) is 35.0 Å². The van der Waals surface area contributed by atoms with Crippen molar-refractivity contribution in [3.8, 4) is 0 Å². The Balaban J connectivity index is 1.15. The molecule has 0 radical (unpaired) electrons. The summed E-state index contributed by atoms with van der Waals surface area (Å²) in [6.07, 6.45) is 1.57. The molecule has 0 aromatic heterocycles. The molecule has 3 heterocycles. The van der Waals surface area contributed by atoms with Crippen LogP contribution in [0.2, 0.25) is 5.02 Å². The Morgan fingerprint density at radius 1 is 0.825 bits per heavy atom. The Morgan fingerprint density at radius 3 is 2.33 bits per heavy atom. The molecule has 0 bridgehead atoms. The first-order valence-corrected chi connectivity index (χ1v) is 14.1. The molecule has 2 saturated heterocycles. The number of hydrogen-bond donors (Lipinski definition) is 0. The summed E-state index contributed by atoms with van der Waals surface area (Å²) in [5.41, 5.74) is 2.75. The van der Waals surface area contributed by atoms with E-state index in [0.29, 0.717) is 72.4 Å². The lowest BCUT2D eigenvalue weighted by Crippen LogP contribution is -2.53. The zero-order valence-electron chi connectivity index (χ0n) is 22.1. The van der Waals surface area contributed by atoms with E-state index < -0.39 is 0 Å². The Kier molecular flexibility index (Phi) is 7.19. The van der Waals surface area contributed by atoms with Gasteiger partial charge < -0.3 is 14.7 Å². The number of piperidine rings is 1. The first-order valence-electron chi connectivity index (χ1n) is 13.7. The van der Waals surface area contributed by atoms with Crippen LogP contribution in [0.1, 0.15) is 39.1 Å². The number of anilines is 2. The maximum atomic E-state index is 14.2. The first kappa shape index (κ1) is 26.3. The fraction of sp³-hybridized carbons (Fsp3) is 0.323. The topological polar surface area (TPSA) is 64.2 Å². The summed E-state index contributed by atoms with van der Waals surface area (Å²) in [6, 6.07) is 19.3. The highest BCUT2D eigenvalue weighted by Gasteiger charge is 2.40. The van der Waals surface area contributed by atoms with E-state index in [4.69, 9.17) is 11.6 Å². The first-order chi connectivity index (χ1) is 19.4. The number of rotatable bonds is 5. The van der Waals surface area contributed by atoms with Gasteiger partial charge in [0.15, 0.2) is 0 Å². The van der Waals surface area contributed by atoms with Crippen LogP contribution in [0.5, 0.6) is 0 Å². The molecule has 3 aromatic rings. The zero-order chi connectivity index (χ0) is 27.8. The van der Waals surface area contributed by atoms with E-state index in [9.17, 15) is 18.8 Å². The summed E-state index contributed by atoms with van der Waals surface area (Å²) in [5, 5.41) is 0.506. The van der Waals surface area contributed by atoms with Gasteiger partial charge in [-0.3, -0.25) is 19.3 Å². The predicted octanol–water partition coefficient (Wildman–Crippen LogP) is 4.84. The van der Waals surface area contributed by atoms with Crippen LogP contribution in [0.25, 0.3) is 0 Å². The number of benzene rings is 3. The van der Waals surface area contributed by atoms with Crippen LogP contribution in [0.3, 0.4) is 0 Å². The molecule has 3 aliphatic heterocycles. The molecule has 3 aromatic carbocycles. The van der Waals surface area contributed by atoms with Crippen molar-refractivity contribution >= 4 is 40.7 Å². The zero-order valence-corrected chi connectivity index (χ0v) is 22.8. The van der Waals surface area contributed by atoms with Crippen molar-refractivity contribution in [3.63, 3.8) is 0 Å². The van der Waals surface area contributed by atoms with Crippen molar-refractivity contribution < 1.29 is 18.8 Å². The summed E-state index contributed by atoms with van der Waals surface area (Å²) < 4.78 is 14.2. The summed E-state index contributed by atoms with van der Waals surface area (Å²) >= 11 is 6.31. The summed E-state index contributed by atoms with van der Waals surface area (Å²) in [4.78, 5) is 47.5. The fourth-order valence-corrected chi connectivity index (χ4v) is 6.25. The maximum Gasteiger partial charge on any atom is 0.263 e. The molecule has 6 rings (SSSR count). The predicted molar refractivity (Wildman–Crippen MR) is 152 cm³/mol. The van der Waals surface area contributed by atoms with E-state index in [2.05, 4.69) is 4.90 Å². The lowest BCUT2D eigenvalue weighted by molar-refractivity contribution is -0.136. The van der Waals surface area contributed by atoms with Crippen LogP contribution in [0.4, 0.5) is 15.8 Å². The molecule has 206 valence electrons. The normalized spacial score (nSPS) is 19.3. The Bertz CT molecular complexity index is 1470. The molecule has 0 N–H and O–H groups in total. The molecule has 0 unspecified atom stereocenters. The average Bonchev–Trinajstić information content (AvgIpc) is 3.23. The van der Waals surface area contributed by atoms with Gasteiger partial charge in [0.25, 0.3) is 11.8 Å². The summed E-state index contributed by atoms with van der Waals surface area (Å²) in [6.45, 7) is 3.51. The molecule has 0 spiro atoms. The lowest BCUT2D eigenvalue weighted by Gasteiger charge is -2.40. The highest BCUT2D eigenvalue weighted by Crippen LogP contribution is 2.35. The van der Waals surface area contributed by atoms with Crippen LogP contribution >= 0.6 is 11.6 Å². The average molecular weight is 561 g/mol. The van der Waals surface area contributed by atoms with Crippen molar-refractivity contribution in [2.75, 3.05) is 49.1 Å². The van der Waals surface area contributed by atoms with Crippen LogP contribution in [-0.4, -0.2) is 66.8 Å². The molecule has 40 heavy (non-hydrogen) atoms. The van der Waals surface area contributed by atoms with E-state index in [1.807, 2.05) is 40.1 Å². The minimum absolute atomic E-state index is 0.0909. The highest BCUT2D eigenvalue weighted by molar-refractivity contribution is 6.31. The van der Waals surface area contributed by atoms with Gasteiger partial charge in [0.1, 0.15) is 5.82 Å². The van der Waals surface area contributed by atoms with Gasteiger partial charge in [0.2, 0.25) is 5.91 Å². The maximum absolute atomic E-state index is 14.2. The van der Waals surface area contributed by atoms with Crippen LogP contribution in [-0.2, 0) is 11.3 Å². The smallest absolute Gasteiger partial charge is 0.263 e. The molecule has 7 nitrogen and oxygen atoms in total. The van der Waals surface area contributed by atoms with Crippen molar-refractivity contribution in [2.45, 2.75) is 19.4 Å². The standard InChI is InChI=1S/C31H30ClFN4O3/c32-24-10-2-1-7-21(24)20-37-30(39)23-9-5-13-27(28(23)31(37)40)36-14-6-8-22(19-36)29(38)35-17-15-34(16-18-35)26-12-4-3-11-25(26)33/h1-5,7,9-13,22H,6,8,14-20H2/t22-/m0/s1. The number of imide groups is 1. The second-order valence-electron chi connectivity index (χ2n) is 10.5. The monoisotopic (exact) mass is 560 g/mol. The van der Waals surface area contributed by atoms with Gasteiger partial charge in [0, 0.05) is 44.3 Å². The van der Waals surface area contributed by atoms with Gasteiger partial charge >= 0.3 is 0 Å². The number of piperazine rings is 1. The minimum atomic E-state index is -0.340. The second-order valence-corrected chi connectivity index (χ2v) is 10.9. The van der Waals surface area contributed by atoms with Gasteiger partial charge in [-0.15, -0.1) is 0 Å². The van der Waals surface area contributed by atoms with Crippen LogP contribution in [0.15, 0.2) is 66.7 Å². The molecule has 0 aliphatic carbocycles. The third-order valence-electron chi connectivity index (χ3n) is 8.16. The van der Waals surface area contributed by atoms with Crippen molar-refractivity contribution in [1.82, 2.24) is 9.80 Å². The van der Waals surface area contributed by atoms with Crippen molar-refractivity contribution in [1.29, 1.82) is 0 Å². The quantitative estimate of drug-likeness (QED) is 0.418. The number of halogens is 2. The number of amides is 3. The number of fused-ring (bicyclic) bond motifs is 1. The summed E-state index contributed by atoms with van der Waals surface area (Å²) in [5.74, 6) is -1.05.